The van der Waals surface area contributed by atoms with Gasteiger partial charge in [-0.25, -0.2) is 0 Å². The summed E-state index contributed by atoms with van der Waals surface area (Å²) < 4.78 is 11.8. The first-order valence-corrected chi connectivity index (χ1v) is 15.6. The lowest BCUT2D eigenvalue weighted by Gasteiger charge is -2.38. The summed E-state index contributed by atoms with van der Waals surface area (Å²) in [5.41, 5.74) is -0.504. The van der Waals surface area contributed by atoms with Crippen LogP contribution in [0.2, 0.25) is 0 Å². The van der Waals surface area contributed by atoms with Crippen LogP contribution in [0.15, 0.2) is 36.4 Å². The molecule has 3 saturated heterocycles. The van der Waals surface area contributed by atoms with Gasteiger partial charge in [0.05, 0.1) is 25.0 Å². The van der Waals surface area contributed by atoms with Crippen molar-refractivity contribution in [2.45, 2.75) is 94.5 Å². The first-order valence-electron chi connectivity index (χ1n) is 15.6. The molecule has 41 heavy (non-hydrogen) atoms. The van der Waals surface area contributed by atoms with Crippen LogP contribution in [0.25, 0.3) is 0 Å². The van der Waals surface area contributed by atoms with E-state index in [4.69, 9.17) is 9.47 Å². The fraction of sp³-hybridized carbons (Fsp3) is 0.656. The molecule has 6 atom stereocenters. The van der Waals surface area contributed by atoms with Gasteiger partial charge in [0.15, 0.2) is 0 Å². The summed E-state index contributed by atoms with van der Waals surface area (Å²) in [4.78, 5) is 46.2. The molecule has 0 unspecified atom stereocenters. The first-order chi connectivity index (χ1) is 19.9. The third-order valence-electron chi connectivity index (χ3n) is 10.1. The number of carbonyl (C=O) groups is 3. The molecule has 222 valence electrons. The summed E-state index contributed by atoms with van der Waals surface area (Å²) in [7, 11) is 1.60. The maximum Gasteiger partial charge on any atom is 0.246 e. The van der Waals surface area contributed by atoms with Gasteiger partial charge in [0, 0.05) is 30.9 Å². The summed E-state index contributed by atoms with van der Waals surface area (Å²) in [6.07, 6.45) is 13.2. The molecule has 2 N–H and O–H groups in total. The van der Waals surface area contributed by atoms with Crippen molar-refractivity contribution >= 4 is 23.4 Å². The second kappa shape index (κ2) is 11.8. The van der Waals surface area contributed by atoms with E-state index in [9.17, 15) is 14.4 Å². The van der Waals surface area contributed by atoms with Crippen molar-refractivity contribution in [3.05, 3.63) is 36.4 Å². The number of nitrogens with zero attached hydrogens (tertiary/aromatic N) is 2. The maximum atomic E-state index is 14.3. The molecule has 4 fully saturated rings. The minimum Gasteiger partial charge on any atom is -0.497 e. The Morgan fingerprint density at radius 3 is 2.51 bits per heavy atom. The highest BCUT2D eigenvalue weighted by Crippen LogP contribution is 2.55. The van der Waals surface area contributed by atoms with Crippen molar-refractivity contribution in [2.24, 2.45) is 11.8 Å². The van der Waals surface area contributed by atoms with Crippen LogP contribution in [0.5, 0.6) is 5.75 Å². The van der Waals surface area contributed by atoms with Crippen LogP contribution in [0.1, 0.15) is 64.7 Å². The normalized spacial score (nSPS) is 33.2. The molecule has 3 amide bonds. The molecule has 6 rings (SSSR count). The van der Waals surface area contributed by atoms with E-state index >= 15 is 0 Å². The number of hydrogen-bond donors (Lipinski definition) is 2. The Morgan fingerprint density at radius 1 is 1.02 bits per heavy atom. The quantitative estimate of drug-likeness (QED) is 0.446. The molecule has 4 heterocycles. The number of methoxy groups -OCH3 is 1. The number of rotatable bonds is 9. The van der Waals surface area contributed by atoms with E-state index in [0.29, 0.717) is 24.0 Å². The number of hydrogen-bond acceptors (Lipinski definition) is 6. The lowest BCUT2D eigenvalue weighted by molar-refractivity contribution is -0.141. The van der Waals surface area contributed by atoms with Gasteiger partial charge in [-0.2, -0.15) is 0 Å². The monoisotopic (exact) mass is 564 g/mol. The van der Waals surface area contributed by atoms with E-state index in [0.717, 1.165) is 51.6 Å². The second-order valence-electron chi connectivity index (χ2n) is 12.4. The van der Waals surface area contributed by atoms with Crippen LogP contribution in [-0.4, -0.2) is 84.1 Å². The molecular formula is C32H44N4O5. The first kappa shape index (κ1) is 28.2. The van der Waals surface area contributed by atoms with Crippen LogP contribution >= 0.6 is 0 Å². The van der Waals surface area contributed by atoms with Gasteiger partial charge in [-0.05, 0) is 62.9 Å². The van der Waals surface area contributed by atoms with Crippen LogP contribution in [-0.2, 0) is 19.1 Å². The number of amides is 3. The number of fused-ring (bicyclic) bond motifs is 1. The van der Waals surface area contributed by atoms with Crippen molar-refractivity contribution < 1.29 is 23.9 Å². The predicted octanol–water partition coefficient (Wildman–Crippen LogP) is 3.50. The number of benzene rings is 1. The zero-order chi connectivity index (χ0) is 28.6. The zero-order valence-electron chi connectivity index (χ0n) is 24.3. The van der Waals surface area contributed by atoms with Gasteiger partial charge < -0.3 is 25.0 Å². The molecule has 1 spiro atoms. The van der Waals surface area contributed by atoms with E-state index in [1.165, 1.54) is 19.3 Å². The number of anilines is 1. The Labute approximate surface area is 243 Å². The van der Waals surface area contributed by atoms with Gasteiger partial charge in [-0.1, -0.05) is 44.8 Å². The highest BCUT2D eigenvalue weighted by atomic mass is 16.5. The summed E-state index contributed by atoms with van der Waals surface area (Å²) in [5, 5.41) is 6.27. The predicted molar refractivity (Wildman–Crippen MR) is 155 cm³/mol. The van der Waals surface area contributed by atoms with Gasteiger partial charge in [0.2, 0.25) is 17.7 Å². The van der Waals surface area contributed by atoms with Crippen molar-refractivity contribution in [3.8, 4) is 5.75 Å². The van der Waals surface area contributed by atoms with Crippen LogP contribution in [0, 0.1) is 11.8 Å². The van der Waals surface area contributed by atoms with Crippen LogP contribution in [0.4, 0.5) is 5.69 Å². The average molecular weight is 565 g/mol. The lowest BCUT2D eigenvalue weighted by Crippen LogP contribution is -2.57. The minimum atomic E-state index is -1.13. The Morgan fingerprint density at radius 2 is 1.78 bits per heavy atom. The van der Waals surface area contributed by atoms with Gasteiger partial charge in [-0.3, -0.25) is 19.3 Å². The fourth-order valence-corrected chi connectivity index (χ4v) is 7.99. The fourth-order valence-electron chi connectivity index (χ4n) is 7.99. The minimum absolute atomic E-state index is 0.118. The number of nitrogens with one attached hydrogen (secondary N) is 2. The van der Waals surface area contributed by atoms with E-state index in [2.05, 4.69) is 22.5 Å². The van der Waals surface area contributed by atoms with Gasteiger partial charge in [0.25, 0.3) is 0 Å². The summed E-state index contributed by atoms with van der Waals surface area (Å²) in [6.45, 7) is 4.40. The Bertz CT molecular complexity index is 1170. The molecule has 1 aliphatic carbocycles. The van der Waals surface area contributed by atoms with E-state index in [-0.39, 0.29) is 23.8 Å². The molecule has 9 nitrogen and oxygen atoms in total. The number of carbonyl (C=O) groups excluding carboxylic acids is 3. The average Bonchev–Trinajstić information content (AvgIpc) is 3.64. The largest absolute Gasteiger partial charge is 0.497 e. The van der Waals surface area contributed by atoms with Crippen molar-refractivity contribution in [3.63, 3.8) is 0 Å². The molecule has 1 aromatic rings. The van der Waals surface area contributed by atoms with E-state index < -0.39 is 29.6 Å². The Kier molecular flexibility index (Phi) is 8.10. The number of ether oxygens (including phenoxy) is 2. The zero-order valence-corrected chi connectivity index (χ0v) is 24.3. The van der Waals surface area contributed by atoms with Crippen LogP contribution in [0.3, 0.4) is 0 Å². The summed E-state index contributed by atoms with van der Waals surface area (Å²) >= 11 is 0. The van der Waals surface area contributed by atoms with Crippen molar-refractivity contribution in [2.75, 3.05) is 32.1 Å². The summed E-state index contributed by atoms with van der Waals surface area (Å²) in [6, 6.07) is 6.96. The Hall–Kier alpha value is -2.91. The molecule has 1 aromatic carbocycles. The second-order valence-corrected chi connectivity index (χ2v) is 12.4. The molecule has 2 bridgehead atoms. The number of piperidine rings is 1. The smallest absolute Gasteiger partial charge is 0.246 e. The van der Waals surface area contributed by atoms with Crippen LogP contribution < -0.4 is 15.4 Å². The highest BCUT2D eigenvalue weighted by Gasteiger charge is 2.72. The maximum absolute atomic E-state index is 14.3. The van der Waals surface area contributed by atoms with Crippen molar-refractivity contribution in [1.82, 2.24) is 15.1 Å². The van der Waals surface area contributed by atoms with Gasteiger partial charge in [-0.15, -0.1) is 0 Å². The molecule has 1 saturated carbocycles. The number of likely N-dealkylation sites (tertiary alicyclic amines) is 2. The third kappa shape index (κ3) is 5.16. The molecule has 0 aromatic heterocycles. The molecule has 4 aliphatic heterocycles. The molecular weight excluding hydrogens is 520 g/mol. The van der Waals surface area contributed by atoms with E-state index in [1.54, 1.807) is 36.3 Å². The third-order valence-corrected chi connectivity index (χ3v) is 10.1. The summed E-state index contributed by atoms with van der Waals surface area (Å²) in [5.74, 6) is -1.31. The Balaban J connectivity index is 1.26. The molecule has 5 aliphatic rings. The standard InChI is InChI=1S/C32H44N4O5/c1-3-23-11-7-8-18-35(23)19-20-36-28(30(38)34-21-9-5-4-6-10-21)32-17-16-25(41-32)26(27(32)31(36)39)29(37)33-22-12-14-24(40-2)15-13-22/h12-17,21,23,25-28H,3-11,18-20H2,1-2H3,(H,33,37)(H,34,38)/t23-,25+,26+,27+,28+,32+/m1/s1. The molecule has 9 heteroatoms. The highest BCUT2D eigenvalue weighted by molar-refractivity contribution is 6.02. The lowest BCUT2D eigenvalue weighted by atomic mass is 9.74. The SMILES string of the molecule is CC[C@@H]1CCCCN1CCN1C(=O)[C@@H]2[C@@H](C(=O)Nc3ccc(OC)cc3)[C@@H]3C=C[C@@]2(O3)[C@@H]1C(=O)NC1CCCCC1. The molecule has 0 radical (unpaired) electrons. The van der Waals surface area contributed by atoms with Gasteiger partial charge in [0.1, 0.15) is 17.4 Å². The topological polar surface area (TPSA) is 100 Å². The van der Waals surface area contributed by atoms with E-state index in [1.807, 2.05) is 12.2 Å². The van der Waals surface area contributed by atoms with Crippen molar-refractivity contribution in [1.29, 1.82) is 0 Å². The van der Waals surface area contributed by atoms with Gasteiger partial charge >= 0.3 is 0 Å².